The summed E-state index contributed by atoms with van der Waals surface area (Å²) in [5.74, 6) is 0.626. The lowest BCUT2D eigenvalue weighted by Crippen LogP contribution is -2.38. The zero-order valence-corrected chi connectivity index (χ0v) is 17.1. The summed E-state index contributed by atoms with van der Waals surface area (Å²) in [5.41, 5.74) is 5.32. The SMILES string of the molecule is CCOP(C)(=O)OC[C@H]1O[C@@H](n2cnc3c(N)nc(C)nc32)[C@@](C)(CO)C1F. The maximum absolute atomic E-state index is 15.2. The van der Waals surface area contributed by atoms with Crippen LogP contribution >= 0.6 is 7.60 Å². The molecule has 1 fully saturated rings. The van der Waals surface area contributed by atoms with Crippen LogP contribution in [0, 0.1) is 12.3 Å². The smallest absolute Gasteiger partial charge is 0.327 e. The van der Waals surface area contributed by atoms with Crippen molar-refractivity contribution in [2.75, 3.05) is 32.2 Å². The van der Waals surface area contributed by atoms with Gasteiger partial charge in [-0.1, -0.05) is 6.92 Å². The molecule has 3 rings (SSSR count). The second-order valence-electron chi connectivity index (χ2n) is 7.06. The Kier molecular flexibility index (Phi) is 5.75. The lowest BCUT2D eigenvalue weighted by molar-refractivity contribution is -0.0580. The van der Waals surface area contributed by atoms with Crippen LogP contribution in [0.1, 0.15) is 25.9 Å². The van der Waals surface area contributed by atoms with Gasteiger partial charge in [-0.25, -0.2) is 19.3 Å². The average Bonchev–Trinajstić information content (AvgIpc) is 3.14. The monoisotopic (exact) mass is 417 g/mol. The molecule has 10 nitrogen and oxygen atoms in total. The van der Waals surface area contributed by atoms with Gasteiger partial charge >= 0.3 is 7.60 Å². The predicted molar refractivity (Wildman–Crippen MR) is 99.6 cm³/mol. The minimum Gasteiger partial charge on any atom is -0.396 e. The van der Waals surface area contributed by atoms with E-state index in [0.29, 0.717) is 17.0 Å². The lowest BCUT2D eigenvalue weighted by atomic mass is 9.84. The molecule has 28 heavy (non-hydrogen) atoms. The maximum atomic E-state index is 15.2. The van der Waals surface area contributed by atoms with Gasteiger partial charge in [-0.05, 0) is 13.8 Å². The molecule has 1 saturated heterocycles. The van der Waals surface area contributed by atoms with E-state index in [1.165, 1.54) is 17.6 Å². The van der Waals surface area contributed by atoms with Crippen LogP contribution in [0.15, 0.2) is 6.33 Å². The van der Waals surface area contributed by atoms with Gasteiger partial charge in [-0.2, -0.15) is 0 Å². The molecule has 0 radical (unpaired) electrons. The fourth-order valence-corrected chi connectivity index (χ4v) is 4.29. The van der Waals surface area contributed by atoms with E-state index in [1.807, 2.05) is 0 Å². The molecule has 0 aromatic carbocycles. The minimum absolute atomic E-state index is 0.199. The van der Waals surface area contributed by atoms with E-state index in [2.05, 4.69) is 15.0 Å². The molecule has 2 aromatic heterocycles. The zero-order chi connectivity index (χ0) is 20.7. The van der Waals surface area contributed by atoms with E-state index in [1.54, 1.807) is 20.8 Å². The number of nitrogens with zero attached hydrogens (tertiary/aromatic N) is 4. The van der Waals surface area contributed by atoms with Crippen molar-refractivity contribution >= 4 is 24.6 Å². The topological polar surface area (TPSA) is 135 Å². The lowest BCUT2D eigenvalue weighted by Gasteiger charge is -2.29. The number of nitrogens with two attached hydrogens (primary N) is 1. The third-order valence-electron chi connectivity index (χ3n) is 4.81. The highest BCUT2D eigenvalue weighted by Gasteiger charge is 2.55. The molecule has 2 unspecified atom stereocenters. The minimum atomic E-state index is -3.32. The van der Waals surface area contributed by atoms with Crippen molar-refractivity contribution in [1.29, 1.82) is 0 Å². The third-order valence-corrected chi connectivity index (χ3v) is 6.16. The number of aromatic nitrogens is 4. The average molecular weight is 417 g/mol. The molecule has 0 spiro atoms. The van der Waals surface area contributed by atoms with Gasteiger partial charge in [0.25, 0.3) is 0 Å². The number of imidazole rings is 1. The summed E-state index contributed by atoms with van der Waals surface area (Å²) in [6.45, 7) is 5.65. The van der Waals surface area contributed by atoms with Crippen molar-refractivity contribution in [2.45, 2.75) is 39.3 Å². The third kappa shape index (κ3) is 3.65. The number of halogens is 1. The van der Waals surface area contributed by atoms with Crippen LogP contribution < -0.4 is 5.73 Å². The first-order valence-corrected chi connectivity index (χ1v) is 10.9. The van der Waals surface area contributed by atoms with Gasteiger partial charge in [0.05, 0.1) is 31.6 Å². The summed E-state index contributed by atoms with van der Waals surface area (Å²) in [7, 11) is -3.32. The molecule has 0 bridgehead atoms. The van der Waals surface area contributed by atoms with Crippen molar-refractivity contribution in [1.82, 2.24) is 19.5 Å². The summed E-state index contributed by atoms with van der Waals surface area (Å²) in [5, 5.41) is 9.94. The number of aryl methyl sites for hydroxylation is 1. The van der Waals surface area contributed by atoms with Crippen LogP contribution in [0.25, 0.3) is 11.2 Å². The molecular weight excluding hydrogens is 392 g/mol. The first kappa shape index (κ1) is 21.1. The molecule has 12 heteroatoms. The fraction of sp³-hybridized carbons (Fsp3) is 0.688. The first-order valence-electron chi connectivity index (χ1n) is 8.86. The van der Waals surface area contributed by atoms with Crippen LogP contribution in [0.5, 0.6) is 0 Å². The molecule has 5 atom stereocenters. The number of rotatable bonds is 7. The molecule has 0 saturated carbocycles. The maximum Gasteiger partial charge on any atom is 0.327 e. The van der Waals surface area contributed by atoms with Gasteiger partial charge in [0.1, 0.15) is 29.8 Å². The Labute approximate surface area is 161 Å². The Morgan fingerprint density at radius 2 is 2.18 bits per heavy atom. The van der Waals surface area contributed by atoms with Crippen LogP contribution in [0.2, 0.25) is 0 Å². The number of hydrogen-bond acceptors (Lipinski definition) is 9. The van der Waals surface area contributed by atoms with Gasteiger partial charge in [0.2, 0.25) is 0 Å². The number of ether oxygens (including phenoxy) is 1. The zero-order valence-electron chi connectivity index (χ0n) is 16.2. The Bertz CT molecular complexity index is 911. The molecule has 2 aromatic rings. The highest BCUT2D eigenvalue weighted by molar-refractivity contribution is 7.52. The van der Waals surface area contributed by atoms with E-state index in [4.69, 9.17) is 19.5 Å². The second kappa shape index (κ2) is 7.64. The number of aliphatic hydroxyl groups excluding tert-OH is 1. The van der Waals surface area contributed by atoms with E-state index >= 15 is 4.39 Å². The number of fused-ring (bicyclic) bond motifs is 1. The number of alkyl halides is 1. The first-order chi connectivity index (χ1) is 13.1. The van der Waals surface area contributed by atoms with Gasteiger partial charge in [0, 0.05) is 6.66 Å². The van der Waals surface area contributed by atoms with Gasteiger partial charge in [-0.15, -0.1) is 0 Å². The highest BCUT2D eigenvalue weighted by atomic mass is 31.2. The van der Waals surface area contributed by atoms with E-state index in [9.17, 15) is 9.67 Å². The largest absolute Gasteiger partial charge is 0.396 e. The van der Waals surface area contributed by atoms with Crippen molar-refractivity contribution in [3.05, 3.63) is 12.2 Å². The summed E-state index contributed by atoms with van der Waals surface area (Å²) in [4.78, 5) is 12.6. The van der Waals surface area contributed by atoms with Crippen molar-refractivity contribution in [2.24, 2.45) is 5.41 Å². The van der Waals surface area contributed by atoms with Crippen molar-refractivity contribution in [3.63, 3.8) is 0 Å². The van der Waals surface area contributed by atoms with Crippen LogP contribution in [-0.2, 0) is 18.3 Å². The predicted octanol–water partition coefficient (Wildman–Crippen LogP) is 1.83. The van der Waals surface area contributed by atoms with Crippen LogP contribution in [0.3, 0.4) is 0 Å². The molecule has 0 aliphatic carbocycles. The summed E-state index contributed by atoms with van der Waals surface area (Å²) < 4.78 is 45.1. The second-order valence-corrected chi connectivity index (χ2v) is 9.12. The van der Waals surface area contributed by atoms with E-state index in [-0.39, 0.29) is 19.0 Å². The molecule has 1 aliphatic rings. The number of aliphatic hydroxyl groups is 1. The van der Waals surface area contributed by atoms with Crippen molar-refractivity contribution < 1.29 is 27.8 Å². The van der Waals surface area contributed by atoms with Gasteiger partial charge < -0.3 is 24.6 Å². The molecule has 0 amide bonds. The standard InChI is InChI=1S/C16H25FN5O5P/c1-5-25-28(4,24)26-6-10-12(17)16(3,7-23)15(27-10)22-8-19-11-13(18)20-9(2)21-14(11)22/h8,10,12,15,23H,5-7H2,1-4H3,(H2,18,20,21)/t10-,12?,15-,16+,28?/m1/s1. The Morgan fingerprint density at radius 3 is 2.82 bits per heavy atom. The van der Waals surface area contributed by atoms with Gasteiger partial charge in [-0.3, -0.25) is 9.13 Å². The molecule has 1 aliphatic heterocycles. The Balaban J connectivity index is 1.92. The van der Waals surface area contributed by atoms with E-state index < -0.39 is 38.1 Å². The summed E-state index contributed by atoms with van der Waals surface area (Å²) >= 11 is 0. The highest BCUT2D eigenvalue weighted by Crippen LogP contribution is 2.50. The fourth-order valence-electron chi connectivity index (χ4n) is 3.33. The van der Waals surface area contributed by atoms with Crippen LogP contribution in [-0.4, -0.2) is 63.4 Å². The Hall–Kier alpha value is -1.65. The molecule has 3 N–H and O–H groups in total. The molecular formula is C16H25FN5O5P. The molecule has 3 heterocycles. The van der Waals surface area contributed by atoms with E-state index in [0.717, 1.165) is 0 Å². The number of nitrogen functional groups attached to an aromatic ring is 1. The number of hydrogen-bond donors (Lipinski definition) is 2. The van der Waals surface area contributed by atoms with Crippen molar-refractivity contribution in [3.8, 4) is 0 Å². The summed E-state index contributed by atoms with van der Waals surface area (Å²) in [6, 6.07) is 0. The Morgan fingerprint density at radius 1 is 1.46 bits per heavy atom. The number of anilines is 1. The molecule has 156 valence electrons. The normalized spacial score (nSPS) is 30.0. The van der Waals surface area contributed by atoms with Gasteiger partial charge in [0.15, 0.2) is 11.5 Å². The quantitative estimate of drug-likeness (QED) is 0.647. The van der Waals surface area contributed by atoms with Crippen LogP contribution in [0.4, 0.5) is 10.2 Å². The summed E-state index contributed by atoms with van der Waals surface area (Å²) in [6.07, 6.45) is -2.16.